The van der Waals surface area contributed by atoms with E-state index in [0.717, 1.165) is 16.9 Å². The second-order valence-corrected chi connectivity index (χ2v) is 6.08. The molecule has 0 saturated carbocycles. The molecule has 1 N–H and O–H groups in total. The number of hydrogen-bond donors (Lipinski definition) is 1. The molecule has 4 aromatic rings. The van der Waals surface area contributed by atoms with Gasteiger partial charge < -0.3 is 9.55 Å². The molecule has 22 heavy (non-hydrogen) atoms. The summed E-state index contributed by atoms with van der Waals surface area (Å²) in [5.41, 5.74) is 8.37. The van der Waals surface area contributed by atoms with Crippen molar-refractivity contribution in [3.8, 4) is 11.4 Å². The molecule has 3 nitrogen and oxygen atoms in total. The number of rotatable bonds is 1. The third-order valence-electron chi connectivity index (χ3n) is 4.73. The van der Waals surface area contributed by atoms with Gasteiger partial charge >= 0.3 is 0 Å². The second kappa shape index (κ2) is 4.47. The van der Waals surface area contributed by atoms with Crippen LogP contribution in [-0.4, -0.2) is 14.5 Å². The minimum absolute atomic E-state index is 0.953. The van der Waals surface area contributed by atoms with E-state index in [-0.39, 0.29) is 0 Å². The maximum Gasteiger partial charge on any atom is 0.140 e. The molecule has 0 atom stereocenters. The summed E-state index contributed by atoms with van der Waals surface area (Å²) in [4.78, 5) is 8.34. The molecule has 3 heteroatoms. The summed E-state index contributed by atoms with van der Waals surface area (Å²) >= 11 is 0. The standard InChI is InChI=1S/C19H19N3/c1-11-9-15-16(10-12(11)2)21-19(20-15)18-13(3)22(4)17-8-6-5-7-14(17)18/h5-10H,1-4H3,(H,20,21). The van der Waals surface area contributed by atoms with Crippen molar-refractivity contribution in [3.05, 3.63) is 53.2 Å². The summed E-state index contributed by atoms with van der Waals surface area (Å²) in [6, 6.07) is 12.8. The minimum atomic E-state index is 0.953. The SMILES string of the molecule is Cc1cc2nc(-c3c(C)n(C)c4ccccc34)[nH]c2cc1C. The first-order valence-corrected chi connectivity index (χ1v) is 7.57. The molecule has 0 fully saturated rings. The Hall–Kier alpha value is -2.55. The van der Waals surface area contributed by atoms with Crippen molar-refractivity contribution in [2.24, 2.45) is 7.05 Å². The molecule has 0 aliphatic heterocycles. The average Bonchev–Trinajstić information content (AvgIpc) is 3.00. The highest BCUT2D eigenvalue weighted by Gasteiger charge is 2.16. The van der Waals surface area contributed by atoms with Gasteiger partial charge in [0.2, 0.25) is 0 Å². The molecule has 2 aromatic heterocycles. The van der Waals surface area contributed by atoms with Crippen LogP contribution in [0.2, 0.25) is 0 Å². The number of H-pyrrole nitrogens is 1. The summed E-state index contributed by atoms with van der Waals surface area (Å²) in [6.45, 7) is 6.42. The topological polar surface area (TPSA) is 33.6 Å². The van der Waals surface area contributed by atoms with Crippen LogP contribution < -0.4 is 0 Å². The normalized spacial score (nSPS) is 11.6. The molecule has 0 unspecified atom stereocenters. The quantitative estimate of drug-likeness (QED) is 0.544. The number of nitrogens with zero attached hydrogens (tertiary/aromatic N) is 2. The van der Waals surface area contributed by atoms with Gasteiger partial charge in [0, 0.05) is 29.2 Å². The lowest BCUT2D eigenvalue weighted by atomic mass is 10.1. The number of aromatic amines is 1. The van der Waals surface area contributed by atoms with Crippen molar-refractivity contribution < 1.29 is 0 Å². The number of fused-ring (bicyclic) bond motifs is 2. The smallest absolute Gasteiger partial charge is 0.140 e. The molecule has 0 aliphatic rings. The van der Waals surface area contributed by atoms with Crippen molar-refractivity contribution >= 4 is 21.9 Å². The lowest BCUT2D eigenvalue weighted by Crippen LogP contribution is -1.90. The van der Waals surface area contributed by atoms with Crippen LogP contribution in [0.3, 0.4) is 0 Å². The third kappa shape index (κ3) is 1.72. The van der Waals surface area contributed by atoms with Gasteiger partial charge in [0.05, 0.1) is 11.0 Å². The molecule has 0 spiro atoms. The first-order chi connectivity index (χ1) is 10.6. The number of imidazole rings is 1. The minimum Gasteiger partial charge on any atom is -0.347 e. The fourth-order valence-corrected chi connectivity index (χ4v) is 3.21. The van der Waals surface area contributed by atoms with Gasteiger partial charge in [-0.05, 0) is 50.1 Å². The fourth-order valence-electron chi connectivity index (χ4n) is 3.21. The van der Waals surface area contributed by atoms with Crippen molar-refractivity contribution in [1.82, 2.24) is 14.5 Å². The van der Waals surface area contributed by atoms with Crippen LogP contribution in [0, 0.1) is 20.8 Å². The van der Waals surface area contributed by atoms with Crippen molar-refractivity contribution in [3.63, 3.8) is 0 Å². The lowest BCUT2D eigenvalue weighted by Gasteiger charge is -1.98. The van der Waals surface area contributed by atoms with Crippen LogP contribution in [0.25, 0.3) is 33.3 Å². The van der Waals surface area contributed by atoms with Crippen LogP contribution in [0.5, 0.6) is 0 Å². The summed E-state index contributed by atoms with van der Waals surface area (Å²) in [6.07, 6.45) is 0. The van der Waals surface area contributed by atoms with E-state index in [0.29, 0.717) is 0 Å². The van der Waals surface area contributed by atoms with Crippen molar-refractivity contribution in [2.45, 2.75) is 20.8 Å². The van der Waals surface area contributed by atoms with E-state index in [9.17, 15) is 0 Å². The number of nitrogens with one attached hydrogen (secondary N) is 1. The van der Waals surface area contributed by atoms with Gasteiger partial charge in [-0.15, -0.1) is 0 Å². The van der Waals surface area contributed by atoms with Gasteiger partial charge in [-0.25, -0.2) is 4.98 Å². The van der Waals surface area contributed by atoms with E-state index in [1.165, 1.54) is 33.3 Å². The molecule has 2 aromatic carbocycles. The zero-order valence-electron chi connectivity index (χ0n) is 13.4. The molecule has 4 rings (SSSR count). The molecule has 2 heterocycles. The molecule has 110 valence electrons. The molecular formula is C19H19N3. The Morgan fingerprint density at radius 3 is 2.55 bits per heavy atom. The van der Waals surface area contributed by atoms with Crippen LogP contribution in [0.15, 0.2) is 36.4 Å². The van der Waals surface area contributed by atoms with Crippen LogP contribution in [-0.2, 0) is 7.05 Å². The highest BCUT2D eigenvalue weighted by atomic mass is 15.0. The van der Waals surface area contributed by atoms with Crippen molar-refractivity contribution in [1.29, 1.82) is 0 Å². The van der Waals surface area contributed by atoms with E-state index in [1.807, 2.05) is 0 Å². The molecule has 0 radical (unpaired) electrons. The molecule has 0 amide bonds. The summed E-state index contributed by atoms with van der Waals surface area (Å²) in [7, 11) is 2.11. The zero-order valence-corrected chi connectivity index (χ0v) is 13.4. The van der Waals surface area contributed by atoms with E-state index >= 15 is 0 Å². The monoisotopic (exact) mass is 289 g/mol. The fraction of sp³-hybridized carbons (Fsp3) is 0.211. The third-order valence-corrected chi connectivity index (χ3v) is 4.73. The van der Waals surface area contributed by atoms with Gasteiger partial charge in [-0.1, -0.05) is 18.2 Å². The number of hydrogen-bond acceptors (Lipinski definition) is 1. The molecular weight excluding hydrogens is 270 g/mol. The van der Waals surface area contributed by atoms with E-state index in [4.69, 9.17) is 4.98 Å². The summed E-state index contributed by atoms with van der Waals surface area (Å²) in [5.74, 6) is 0.953. The highest BCUT2D eigenvalue weighted by molar-refractivity contribution is 5.97. The van der Waals surface area contributed by atoms with Crippen molar-refractivity contribution in [2.75, 3.05) is 0 Å². The predicted octanol–water partition coefficient (Wildman–Crippen LogP) is 4.65. The van der Waals surface area contributed by atoms with Crippen LogP contribution >= 0.6 is 0 Å². The predicted molar refractivity (Wildman–Crippen MR) is 92.2 cm³/mol. The number of benzene rings is 2. The summed E-state index contributed by atoms with van der Waals surface area (Å²) in [5, 5.41) is 1.25. The first kappa shape index (κ1) is 13.1. The van der Waals surface area contributed by atoms with Gasteiger partial charge in [0.15, 0.2) is 0 Å². The first-order valence-electron chi connectivity index (χ1n) is 7.57. The Balaban J connectivity index is 2.05. The molecule has 0 bridgehead atoms. The number of aromatic nitrogens is 3. The highest BCUT2D eigenvalue weighted by Crippen LogP contribution is 2.33. The Kier molecular flexibility index (Phi) is 2.67. The Morgan fingerprint density at radius 2 is 1.73 bits per heavy atom. The van der Waals surface area contributed by atoms with Gasteiger partial charge in [0.1, 0.15) is 5.82 Å². The van der Waals surface area contributed by atoms with E-state index in [1.54, 1.807) is 0 Å². The Bertz CT molecular complexity index is 979. The van der Waals surface area contributed by atoms with Crippen LogP contribution in [0.1, 0.15) is 16.8 Å². The van der Waals surface area contributed by atoms with Gasteiger partial charge in [-0.2, -0.15) is 0 Å². The largest absolute Gasteiger partial charge is 0.347 e. The summed E-state index contributed by atoms with van der Waals surface area (Å²) < 4.78 is 2.23. The Labute approximate surface area is 129 Å². The Morgan fingerprint density at radius 1 is 1.00 bits per heavy atom. The lowest BCUT2D eigenvalue weighted by molar-refractivity contribution is 0.918. The molecule has 0 aliphatic carbocycles. The second-order valence-electron chi connectivity index (χ2n) is 6.08. The zero-order chi connectivity index (χ0) is 15.4. The van der Waals surface area contributed by atoms with E-state index < -0.39 is 0 Å². The van der Waals surface area contributed by atoms with E-state index in [2.05, 4.69) is 73.8 Å². The van der Waals surface area contributed by atoms with Gasteiger partial charge in [-0.3, -0.25) is 0 Å². The average molecular weight is 289 g/mol. The van der Waals surface area contributed by atoms with Gasteiger partial charge in [0.25, 0.3) is 0 Å². The van der Waals surface area contributed by atoms with Crippen LogP contribution in [0.4, 0.5) is 0 Å². The maximum atomic E-state index is 4.84. The number of aryl methyl sites for hydroxylation is 3. The maximum absolute atomic E-state index is 4.84. The molecule has 0 saturated heterocycles. The number of para-hydroxylation sites is 1.